The highest BCUT2D eigenvalue weighted by Crippen LogP contribution is 2.20. The minimum Gasteiger partial charge on any atom is -0.354 e. The summed E-state index contributed by atoms with van der Waals surface area (Å²) in [4.78, 5) is 26.5. The van der Waals surface area contributed by atoms with Crippen LogP contribution in [0, 0.1) is 0 Å². The lowest BCUT2D eigenvalue weighted by atomic mass is 9.96. The van der Waals surface area contributed by atoms with Crippen molar-refractivity contribution >= 4 is 29.1 Å². The number of nitrogens with zero attached hydrogens (tertiary/aromatic N) is 1. The van der Waals surface area contributed by atoms with Gasteiger partial charge >= 0.3 is 0 Å². The van der Waals surface area contributed by atoms with E-state index in [0.29, 0.717) is 17.3 Å². The second-order valence-electron chi connectivity index (χ2n) is 6.88. The molecule has 28 heavy (non-hydrogen) atoms. The Balaban J connectivity index is 1.84. The zero-order valence-corrected chi connectivity index (χ0v) is 17.4. The van der Waals surface area contributed by atoms with Gasteiger partial charge in [-0.1, -0.05) is 61.0 Å². The Labute approximate surface area is 172 Å². The van der Waals surface area contributed by atoms with Gasteiger partial charge in [-0.25, -0.2) is 0 Å². The molecule has 0 aliphatic carbocycles. The monoisotopic (exact) mass is 401 g/mol. The van der Waals surface area contributed by atoms with Crippen molar-refractivity contribution in [3.63, 3.8) is 0 Å². The second-order valence-corrected chi connectivity index (χ2v) is 7.29. The number of halogens is 1. The zero-order chi connectivity index (χ0) is 20.5. The highest BCUT2D eigenvalue weighted by atomic mass is 35.5. The van der Waals surface area contributed by atoms with Gasteiger partial charge in [-0.3, -0.25) is 14.5 Å². The Kier molecular flexibility index (Phi) is 8.48. The summed E-state index contributed by atoms with van der Waals surface area (Å²) in [5, 5.41) is 6.27. The van der Waals surface area contributed by atoms with Gasteiger partial charge in [-0.15, -0.1) is 0 Å². The average molecular weight is 402 g/mol. The maximum Gasteiger partial charge on any atom is 0.238 e. The van der Waals surface area contributed by atoms with Crippen LogP contribution < -0.4 is 10.6 Å². The van der Waals surface area contributed by atoms with Gasteiger partial charge in [0.05, 0.1) is 23.3 Å². The van der Waals surface area contributed by atoms with Crippen molar-refractivity contribution in [3.05, 3.63) is 65.2 Å². The molecule has 5 nitrogen and oxygen atoms in total. The number of anilines is 1. The zero-order valence-electron chi connectivity index (χ0n) is 16.6. The van der Waals surface area contributed by atoms with Crippen molar-refractivity contribution in [2.75, 3.05) is 25.5 Å². The summed E-state index contributed by atoms with van der Waals surface area (Å²) in [6.45, 7) is 4.57. The molecule has 0 radical (unpaired) electrons. The van der Waals surface area contributed by atoms with Crippen LogP contribution in [0.15, 0.2) is 54.6 Å². The van der Waals surface area contributed by atoms with Gasteiger partial charge in [0.15, 0.2) is 0 Å². The number of benzene rings is 2. The summed E-state index contributed by atoms with van der Waals surface area (Å²) >= 11 is 6.06. The number of likely N-dealkylation sites (N-methyl/N-ethyl adjacent to an activating group) is 1. The van der Waals surface area contributed by atoms with Gasteiger partial charge in [-0.2, -0.15) is 0 Å². The van der Waals surface area contributed by atoms with E-state index in [2.05, 4.69) is 29.7 Å². The summed E-state index contributed by atoms with van der Waals surface area (Å²) in [6, 6.07) is 16.8. The molecular formula is C22H28ClN3O2. The van der Waals surface area contributed by atoms with Crippen molar-refractivity contribution in [2.24, 2.45) is 0 Å². The standard InChI is InChI=1S/C22H28ClN3O2/c1-4-17(18-10-6-5-7-11-18)14-24-22(28)16(2)26(3)15-21(27)25-20-13-9-8-12-19(20)23/h5-13,16-17H,4,14-15H2,1-3H3,(H,24,28)(H,25,27)/t16-,17+/m0/s1. The number of rotatable bonds is 9. The Morgan fingerprint density at radius 3 is 2.36 bits per heavy atom. The van der Waals surface area contributed by atoms with E-state index in [0.717, 1.165) is 6.42 Å². The van der Waals surface area contributed by atoms with Crippen LogP contribution in [0.5, 0.6) is 0 Å². The van der Waals surface area contributed by atoms with Crippen molar-refractivity contribution in [3.8, 4) is 0 Å². The molecule has 0 unspecified atom stereocenters. The van der Waals surface area contributed by atoms with Crippen LogP contribution in [0.25, 0.3) is 0 Å². The van der Waals surface area contributed by atoms with Gasteiger partial charge in [0.2, 0.25) is 11.8 Å². The van der Waals surface area contributed by atoms with Crippen LogP contribution in [0.3, 0.4) is 0 Å². The molecule has 150 valence electrons. The van der Waals surface area contributed by atoms with Crippen LogP contribution in [-0.4, -0.2) is 42.9 Å². The molecule has 0 bridgehead atoms. The smallest absolute Gasteiger partial charge is 0.238 e. The van der Waals surface area contributed by atoms with Gasteiger partial charge in [0, 0.05) is 12.5 Å². The molecule has 0 aliphatic heterocycles. The van der Waals surface area contributed by atoms with E-state index in [1.807, 2.05) is 18.2 Å². The third-order valence-corrected chi connectivity index (χ3v) is 5.20. The number of carbonyl (C=O) groups excluding carboxylic acids is 2. The Bertz CT molecular complexity index is 782. The molecule has 2 N–H and O–H groups in total. The first-order chi connectivity index (χ1) is 13.4. The van der Waals surface area contributed by atoms with Crippen molar-refractivity contribution < 1.29 is 9.59 Å². The quantitative estimate of drug-likeness (QED) is 0.669. The van der Waals surface area contributed by atoms with Crippen molar-refractivity contribution in [2.45, 2.75) is 32.2 Å². The number of nitrogens with one attached hydrogen (secondary N) is 2. The number of hydrogen-bond acceptors (Lipinski definition) is 3. The molecule has 2 amide bonds. The lowest BCUT2D eigenvalue weighted by Gasteiger charge is -2.24. The normalized spacial score (nSPS) is 13.0. The first-order valence-corrected chi connectivity index (χ1v) is 9.87. The predicted octanol–water partition coefficient (Wildman–Crippen LogP) is 3.91. The molecule has 2 rings (SSSR count). The minimum atomic E-state index is -0.426. The number of para-hydroxylation sites is 1. The first-order valence-electron chi connectivity index (χ1n) is 9.49. The number of carbonyl (C=O) groups is 2. The van der Waals surface area contributed by atoms with E-state index >= 15 is 0 Å². The molecule has 0 spiro atoms. The highest BCUT2D eigenvalue weighted by Gasteiger charge is 2.21. The predicted molar refractivity (Wildman–Crippen MR) is 115 cm³/mol. The average Bonchev–Trinajstić information content (AvgIpc) is 2.70. The summed E-state index contributed by atoms with van der Waals surface area (Å²) in [6.07, 6.45) is 0.939. The van der Waals surface area contributed by atoms with Gasteiger partial charge in [0.1, 0.15) is 0 Å². The molecule has 6 heteroatoms. The van der Waals surface area contributed by atoms with Crippen molar-refractivity contribution in [1.82, 2.24) is 10.2 Å². The van der Waals surface area contributed by atoms with Crippen LogP contribution >= 0.6 is 11.6 Å². The second kappa shape index (κ2) is 10.8. The minimum absolute atomic E-state index is 0.0930. The van der Waals surface area contributed by atoms with Gasteiger partial charge in [0.25, 0.3) is 0 Å². The number of hydrogen-bond donors (Lipinski definition) is 2. The fourth-order valence-electron chi connectivity index (χ4n) is 2.91. The van der Waals surface area contributed by atoms with Gasteiger partial charge < -0.3 is 10.6 Å². The Hall–Kier alpha value is -2.37. The van der Waals surface area contributed by atoms with Crippen LogP contribution in [0.1, 0.15) is 31.7 Å². The molecule has 0 saturated carbocycles. The summed E-state index contributed by atoms with van der Waals surface area (Å²) in [5.41, 5.74) is 1.78. The van der Waals surface area contributed by atoms with Crippen LogP contribution in [0.2, 0.25) is 5.02 Å². The third kappa shape index (κ3) is 6.36. The molecule has 2 aromatic rings. The van der Waals surface area contributed by atoms with E-state index in [4.69, 9.17) is 11.6 Å². The molecule has 2 aromatic carbocycles. The maximum atomic E-state index is 12.5. The lowest BCUT2D eigenvalue weighted by Crippen LogP contribution is -2.46. The summed E-state index contributed by atoms with van der Waals surface area (Å²) < 4.78 is 0. The SMILES string of the molecule is CC[C@H](CNC(=O)[C@H](C)N(C)CC(=O)Nc1ccccc1Cl)c1ccccc1. The molecular weight excluding hydrogens is 374 g/mol. The van der Waals surface area contributed by atoms with Crippen molar-refractivity contribution in [1.29, 1.82) is 0 Å². The summed E-state index contributed by atoms with van der Waals surface area (Å²) in [7, 11) is 1.75. The molecule has 0 aromatic heterocycles. The third-order valence-electron chi connectivity index (χ3n) is 4.87. The lowest BCUT2D eigenvalue weighted by molar-refractivity contribution is -0.126. The topological polar surface area (TPSA) is 61.4 Å². The van der Waals surface area contributed by atoms with E-state index in [9.17, 15) is 9.59 Å². The molecule has 0 aliphatic rings. The molecule has 2 atom stereocenters. The Morgan fingerprint density at radius 2 is 1.71 bits per heavy atom. The first kappa shape index (κ1) is 21.9. The van der Waals surface area contributed by atoms with E-state index < -0.39 is 6.04 Å². The van der Waals surface area contributed by atoms with E-state index in [1.54, 1.807) is 43.1 Å². The Morgan fingerprint density at radius 1 is 1.07 bits per heavy atom. The molecule has 0 heterocycles. The van der Waals surface area contributed by atoms with E-state index in [1.165, 1.54) is 5.56 Å². The van der Waals surface area contributed by atoms with Gasteiger partial charge in [-0.05, 0) is 38.1 Å². The van der Waals surface area contributed by atoms with Crippen LogP contribution in [-0.2, 0) is 9.59 Å². The molecule has 0 saturated heterocycles. The summed E-state index contributed by atoms with van der Waals surface area (Å²) in [5.74, 6) is -0.0421. The highest BCUT2D eigenvalue weighted by molar-refractivity contribution is 6.33. The maximum absolute atomic E-state index is 12.5. The van der Waals surface area contributed by atoms with E-state index in [-0.39, 0.29) is 24.3 Å². The fourth-order valence-corrected chi connectivity index (χ4v) is 3.09. The molecule has 0 fully saturated rings. The van der Waals surface area contributed by atoms with Crippen LogP contribution in [0.4, 0.5) is 5.69 Å². The number of amides is 2. The largest absolute Gasteiger partial charge is 0.354 e. The fraction of sp³-hybridized carbons (Fsp3) is 0.364.